The van der Waals surface area contributed by atoms with Crippen molar-refractivity contribution in [3.63, 3.8) is 0 Å². The molecule has 2 aromatic rings. The van der Waals surface area contributed by atoms with E-state index in [4.69, 9.17) is 15.9 Å². The van der Waals surface area contributed by atoms with Gasteiger partial charge in [0.1, 0.15) is 18.1 Å². The van der Waals surface area contributed by atoms with Crippen LogP contribution in [-0.2, 0) is 35.2 Å². The van der Waals surface area contributed by atoms with Crippen LogP contribution in [0.5, 0.6) is 0 Å². The van der Waals surface area contributed by atoms with Crippen LogP contribution in [0.2, 0.25) is 0 Å². The second-order valence-corrected chi connectivity index (χ2v) is 9.02. The Kier molecular flexibility index (Phi) is 9.02. The van der Waals surface area contributed by atoms with Gasteiger partial charge in [0.25, 0.3) is 0 Å². The second kappa shape index (κ2) is 12.2. The summed E-state index contributed by atoms with van der Waals surface area (Å²) in [5, 5.41) is 32.6. The van der Waals surface area contributed by atoms with Crippen LogP contribution in [0.4, 0.5) is 0 Å². The van der Waals surface area contributed by atoms with Crippen molar-refractivity contribution in [1.29, 1.82) is 0 Å². The van der Waals surface area contributed by atoms with Crippen LogP contribution in [0.15, 0.2) is 30.5 Å². The Labute approximate surface area is 216 Å². The van der Waals surface area contributed by atoms with Crippen LogP contribution in [0.25, 0.3) is 10.9 Å². The molecule has 3 rings (SSSR count). The zero-order chi connectivity index (χ0) is 28.0. The quantitative estimate of drug-likeness (QED) is 0.177. The Bertz CT molecular complexity index is 1240. The molecule has 8 N–H and O–H groups in total. The zero-order valence-electron chi connectivity index (χ0n) is 20.3. The number of aromatic amines is 1. The maximum atomic E-state index is 13.7. The molecule has 0 spiro atoms. The largest absolute Gasteiger partial charge is 0.481 e. The third kappa shape index (κ3) is 6.85. The normalized spacial score (nSPS) is 17.4. The molecule has 0 bridgehead atoms. The van der Waals surface area contributed by atoms with Crippen LogP contribution in [0.3, 0.4) is 0 Å². The van der Waals surface area contributed by atoms with Gasteiger partial charge in [-0.05, 0) is 24.5 Å². The van der Waals surface area contributed by atoms with Crippen molar-refractivity contribution in [2.24, 2.45) is 5.73 Å². The molecule has 2 heterocycles. The summed E-state index contributed by atoms with van der Waals surface area (Å²) >= 11 is 0. The average Bonchev–Trinajstić information content (AvgIpc) is 3.49. The number of hydrogen-bond acceptors (Lipinski definition) is 7. The van der Waals surface area contributed by atoms with E-state index < -0.39 is 72.6 Å². The molecule has 14 nitrogen and oxygen atoms in total. The maximum absolute atomic E-state index is 13.7. The Balaban J connectivity index is 1.84. The molecule has 4 atom stereocenters. The molecule has 204 valence electrons. The lowest BCUT2D eigenvalue weighted by Gasteiger charge is -2.30. The van der Waals surface area contributed by atoms with Gasteiger partial charge in [0.05, 0.1) is 18.9 Å². The van der Waals surface area contributed by atoms with Gasteiger partial charge in [-0.2, -0.15) is 0 Å². The standard InChI is InChI=1S/C24H29N5O9/c25-14(9-19(30)31)21(34)27-16(8-12-11-26-15-5-2-1-4-13(12)15)23(36)29-7-3-6-18(29)22(35)28-17(24(37)38)10-20(32)33/h1-2,4-5,11,14,16-18,26H,3,6-10,25H2,(H,27,34)(H,28,35)(H,30,31)(H,32,33)(H,37,38). The van der Waals surface area contributed by atoms with E-state index in [1.165, 1.54) is 4.90 Å². The molecular weight excluding hydrogens is 502 g/mol. The molecule has 1 saturated heterocycles. The number of nitrogens with zero attached hydrogens (tertiary/aromatic N) is 1. The number of likely N-dealkylation sites (tertiary alicyclic amines) is 1. The summed E-state index contributed by atoms with van der Waals surface area (Å²) in [5.41, 5.74) is 7.16. The lowest BCUT2D eigenvalue weighted by Crippen LogP contribution is -2.57. The zero-order valence-corrected chi connectivity index (χ0v) is 20.3. The molecule has 38 heavy (non-hydrogen) atoms. The average molecular weight is 532 g/mol. The number of nitrogens with two attached hydrogens (primary N) is 1. The molecule has 1 aromatic heterocycles. The number of rotatable bonds is 12. The summed E-state index contributed by atoms with van der Waals surface area (Å²) in [6.07, 6.45) is 0.773. The van der Waals surface area contributed by atoms with Crippen molar-refractivity contribution in [3.05, 3.63) is 36.0 Å². The summed E-state index contributed by atoms with van der Waals surface area (Å²) in [6.45, 7) is 0.134. The first-order chi connectivity index (χ1) is 18.0. The molecule has 0 saturated carbocycles. The lowest BCUT2D eigenvalue weighted by atomic mass is 10.0. The minimum atomic E-state index is -1.69. The monoisotopic (exact) mass is 531 g/mol. The van der Waals surface area contributed by atoms with Gasteiger partial charge in [-0.3, -0.25) is 24.0 Å². The lowest BCUT2D eigenvalue weighted by molar-refractivity contribution is -0.148. The van der Waals surface area contributed by atoms with Crippen molar-refractivity contribution < 1.29 is 44.1 Å². The highest BCUT2D eigenvalue weighted by molar-refractivity contribution is 5.96. The molecule has 3 amide bonds. The minimum Gasteiger partial charge on any atom is -0.481 e. The Morgan fingerprint density at radius 1 is 1.00 bits per heavy atom. The SMILES string of the molecule is NC(CC(=O)O)C(=O)NC(Cc1c[nH]c2ccccc12)C(=O)N1CCCC1C(=O)NC(CC(=O)O)C(=O)O. The van der Waals surface area contributed by atoms with E-state index in [1.807, 2.05) is 18.2 Å². The highest BCUT2D eigenvalue weighted by Crippen LogP contribution is 2.23. The number of aromatic nitrogens is 1. The Hall–Kier alpha value is -4.46. The van der Waals surface area contributed by atoms with E-state index in [2.05, 4.69) is 15.6 Å². The highest BCUT2D eigenvalue weighted by atomic mass is 16.4. The topological polar surface area (TPSA) is 232 Å². The molecule has 1 aliphatic rings. The van der Waals surface area contributed by atoms with Gasteiger partial charge in [0, 0.05) is 30.1 Å². The number of para-hydroxylation sites is 1. The van der Waals surface area contributed by atoms with Crippen LogP contribution in [0.1, 0.15) is 31.2 Å². The number of hydrogen-bond donors (Lipinski definition) is 7. The number of carboxylic acids is 3. The van der Waals surface area contributed by atoms with Gasteiger partial charge < -0.3 is 41.6 Å². The summed E-state index contributed by atoms with van der Waals surface area (Å²) in [4.78, 5) is 76.9. The van der Waals surface area contributed by atoms with E-state index >= 15 is 0 Å². The van der Waals surface area contributed by atoms with Gasteiger partial charge in [-0.15, -0.1) is 0 Å². The number of carbonyl (C=O) groups excluding carboxylic acids is 3. The fraction of sp³-hybridized carbons (Fsp3) is 0.417. The van der Waals surface area contributed by atoms with E-state index in [1.54, 1.807) is 12.3 Å². The predicted molar refractivity (Wildman–Crippen MR) is 131 cm³/mol. The van der Waals surface area contributed by atoms with Crippen LogP contribution >= 0.6 is 0 Å². The molecule has 1 fully saturated rings. The Morgan fingerprint density at radius 2 is 1.68 bits per heavy atom. The number of carbonyl (C=O) groups is 6. The number of carboxylic acid groups (broad SMARTS) is 3. The van der Waals surface area contributed by atoms with E-state index in [0.717, 1.165) is 10.9 Å². The number of aliphatic carboxylic acids is 3. The van der Waals surface area contributed by atoms with Gasteiger partial charge in [0.15, 0.2) is 0 Å². The smallest absolute Gasteiger partial charge is 0.326 e. The number of fused-ring (bicyclic) bond motifs is 1. The molecule has 0 aliphatic carbocycles. The molecule has 1 aromatic carbocycles. The van der Waals surface area contributed by atoms with E-state index in [0.29, 0.717) is 12.0 Å². The van der Waals surface area contributed by atoms with Gasteiger partial charge in [-0.25, -0.2) is 4.79 Å². The minimum absolute atomic E-state index is 0.00399. The third-order valence-corrected chi connectivity index (χ3v) is 6.28. The molecule has 14 heteroatoms. The molecular formula is C24H29N5O9. The van der Waals surface area contributed by atoms with Crippen LogP contribution in [-0.4, -0.2) is 91.5 Å². The van der Waals surface area contributed by atoms with Gasteiger partial charge in [-0.1, -0.05) is 18.2 Å². The van der Waals surface area contributed by atoms with E-state index in [-0.39, 0.29) is 19.4 Å². The highest BCUT2D eigenvalue weighted by Gasteiger charge is 2.39. The third-order valence-electron chi connectivity index (χ3n) is 6.28. The summed E-state index contributed by atoms with van der Waals surface area (Å²) in [5.74, 6) is -6.58. The fourth-order valence-electron chi connectivity index (χ4n) is 4.43. The van der Waals surface area contributed by atoms with Crippen molar-refractivity contribution in [2.45, 2.75) is 56.3 Å². The van der Waals surface area contributed by atoms with Crippen LogP contribution in [0, 0.1) is 0 Å². The number of nitrogens with one attached hydrogen (secondary N) is 3. The van der Waals surface area contributed by atoms with Crippen molar-refractivity contribution >= 4 is 46.5 Å². The molecule has 4 unspecified atom stereocenters. The van der Waals surface area contributed by atoms with Crippen LogP contribution < -0.4 is 16.4 Å². The maximum Gasteiger partial charge on any atom is 0.326 e. The van der Waals surface area contributed by atoms with E-state index in [9.17, 15) is 33.9 Å². The van der Waals surface area contributed by atoms with Gasteiger partial charge in [0.2, 0.25) is 17.7 Å². The first-order valence-electron chi connectivity index (χ1n) is 11.9. The first kappa shape index (κ1) is 28.1. The van der Waals surface area contributed by atoms with Crippen molar-refractivity contribution in [1.82, 2.24) is 20.5 Å². The predicted octanol–water partition coefficient (Wildman–Crippen LogP) is -0.968. The summed E-state index contributed by atoms with van der Waals surface area (Å²) in [6, 6.07) is 1.85. The number of amides is 3. The van der Waals surface area contributed by atoms with Gasteiger partial charge >= 0.3 is 17.9 Å². The van der Waals surface area contributed by atoms with Crippen molar-refractivity contribution in [2.75, 3.05) is 6.54 Å². The number of H-pyrrole nitrogens is 1. The fourth-order valence-corrected chi connectivity index (χ4v) is 4.43. The summed E-state index contributed by atoms with van der Waals surface area (Å²) in [7, 11) is 0. The number of benzene rings is 1. The molecule has 1 aliphatic heterocycles. The summed E-state index contributed by atoms with van der Waals surface area (Å²) < 4.78 is 0. The molecule has 0 radical (unpaired) electrons. The second-order valence-electron chi connectivity index (χ2n) is 9.02. The first-order valence-corrected chi connectivity index (χ1v) is 11.9. The Morgan fingerprint density at radius 3 is 2.34 bits per heavy atom. The van der Waals surface area contributed by atoms with Crippen molar-refractivity contribution in [3.8, 4) is 0 Å².